The van der Waals surface area contributed by atoms with Gasteiger partial charge < -0.3 is 9.47 Å². The number of esters is 2. The van der Waals surface area contributed by atoms with Crippen LogP contribution in [0.2, 0.25) is 0 Å². The number of carbonyl (C=O) groups is 2. The van der Waals surface area contributed by atoms with Crippen molar-refractivity contribution in [1.29, 1.82) is 0 Å². The molecule has 3 rings (SSSR count). The molecule has 0 aliphatic rings. The van der Waals surface area contributed by atoms with E-state index in [2.05, 4.69) is 63.9 Å². The summed E-state index contributed by atoms with van der Waals surface area (Å²) in [6.07, 6.45) is 0. The minimum Gasteiger partial charge on any atom is -0.465 e. The fourth-order valence-electron chi connectivity index (χ4n) is 2.62. The number of rotatable bonds is 3. The van der Waals surface area contributed by atoms with Gasteiger partial charge in [-0.05, 0) is 83.1 Å². The van der Waals surface area contributed by atoms with Crippen LogP contribution >= 0.6 is 54.5 Å². The van der Waals surface area contributed by atoms with Gasteiger partial charge in [-0.1, -0.05) is 44.0 Å². The third-order valence-corrected chi connectivity index (χ3v) is 5.58. The van der Waals surface area contributed by atoms with E-state index in [0.29, 0.717) is 26.7 Å². The molecule has 0 radical (unpaired) electrons. The van der Waals surface area contributed by atoms with Gasteiger partial charge in [0.2, 0.25) is 0 Å². The van der Waals surface area contributed by atoms with Crippen molar-refractivity contribution >= 4 is 66.4 Å². The minimum atomic E-state index is -0.449. The third-order valence-electron chi connectivity index (χ3n) is 4.04. The van der Waals surface area contributed by atoms with Crippen molar-refractivity contribution in [3.05, 3.63) is 89.6 Å². The number of hydrogen-bond donors (Lipinski definition) is 0. The molecule has 0 aromatic heterocycles. The maximum atomic E-state index is 14.0. The van der Waals surface area contributed by atoms with E-state index in [0.717, 1.165) is 13.6 Å². The van der Waals surface area contributed by atoms with Gasteiger partial charge in [-0.15, -0.1) is 0 Å². The Balaban J connectivity index is 0.000000245. The number of methoxy groups -OCH3 is 2. The Labute approximate surface area is 210 Å². The second-order valence-electron chi connectivity index (χ2n) is 6.35. The molecule has 162 valence electrons. The second-order valence-corrected chi connectivity index (χ2v) is 9.43. The quantitative estimate of drug-likeness (QED) is 0.220. The van der Waals surface area contributed by atoms with Crippen molar-refractivity contribution in [2.75, 3.05) is 14.2 Å². The molecule has 0 fully saturated rings. The molecule has 0 spiro atoms. The van der Waals surface area contributed by atoms with Crippen molar-refractivity contribution in [2.45, 2.75) is 6.92 Å². The average Bonchev–Trinajstić information content (AvgIpc) is 2.71. The maximum absolute atomic E-state index is 14.0. The molecule has 0 unspecified atom stereocenters. The summed E-state index contributed by atoms with van der Waals surface area (Å²) in [5.74, 6) is -1.07. The van der Waals surface area contributed by atoms with Gasteiger partial charge in [0, 0.05) is 18.1 Å². The zero-order valence-corrected chi connectivity index (χ0v) is 22.2. The molecule has 0 aliphatic carbocycles. The first-order chi connectivity index (χ1) is 14.6. The van der Waals surface area contributed by atoms with Crippen LogP contribution in [0.25, 0.3) is 11.1 Å². The van der Waals surface area contributed by atoms with Gasteiger partial charge in [-0.2, -0.15) is 0 Å². The average molecular weight is 664 g/mol. The lowest BCUT2D eigenvalue weighted by atomic mass is 10.0. The number of halogens is 4. The van der Waals surface area contributed by atoms with Gasteiger partial charge in [-0.25, -0.2) is 14.0 Å². The van der Waals surface area contributed by atoms with Crippen molar-refractivity contribution in [3.8, 4) is 11.1 Å². The highest BCUT2D eigenvalue weighted by Crippen LogP contribution is 2.28. The van der Waals surface area contributed by atoms with E-state index in [1.54, 1.807) is 36.4 Å². The van der Waals surface area contributed by atoms with Crippen LogP contribution < -0.4 is 0 Å². The predicted molar refractivity (Wildman–Crippen MR) is 134 cm³/mol. The molecule has 3 aromatic rings. The van der Waals surface area contributed by atoms with Gasteiger partial charge in [0.15, 0.2) is 0 Å². The predicted octanol–water partition coefficient (Wildman–Crippen LogP) is 7.19. The Kier molecular flexibility index (Phi) is 9.64. The monoisotopic (exact) mass is 662 g/mol. The molecule has 3 aromatic carbocycles. The maximum Gasteiger partial charge on any atom is 0.337 e. The largest absolute Gasteiger partial charge is 0.465 e. The van der Waals surface area contributed by atoms with Crippen LogP contribution in [0.3, 0.4) is 0 Å². The van der Waals surface area contributed by atoms with Crippen LogP contribution in [0.4, 0.5) is 4.39 Å². The summed E-state index contributed by atoms with van der Waals surface area (Å²) in [4.78, 5) is 22.6. The highest BCUT2D eigenvalue weighted by atomic mass is 127. The summed E-state index contributed by atoms with van der Waals surface area (Å²) in [7, 11) is 2.69. The molecule has 0 amide bonds. The van der Waals surface area contributed by atoms with E-state index in [-0.39, 0.29) is 11.8 Å². The van der Waals surface area contributed by atoms with E-state index < -0.39 is 5.97 Å². The second kappa shape index (κ2) is 11.7. The van der Waals surface area contributed by atoms with Crippen molar-refractivity contribution in [1.82, 2.24) is 0 Å². The normalized spacial score (nSPS) is 10.0. The van der Waals surface area contributed by atoms with Crippen LogP contribution in [0.15, 0.2) is 63.5 Å². The SMILES string of the molecule is COC(=O)c1cc(Br)cc(-c2ccc(C)cc2F)c1.COC(=O)c1cc(Br)cc(I)c1. The zero-order valence-electron chi connectivity index (χ0n) is 16.8. The molecule has 0 saturated heterocycles. The smallest absolute Gasteiger partial charge is 0.337 e. The fraction of sp³-hybridized carbons (Fsp3) is 0.130. The Morgan fingerprint density at radius 3 is 1.90 bits per heavy atom. The number of carbonyl (C=O) groups excluding carboxylic acids is 2. The topological polar surface area (TPSA) is 52.6 Å². The molecule has 0 heterocycles. The van der Waals surface area contributed by atoms with Crippen LogP contribution in [0.1, 0.15) is 26.3 Å². The van der Waals surface area contributed by atoms with Crippen molar-refractivity contribution in [3.63, 3.8) is 0 Å². The summed E-state index contributed by atoms with van der Waals surface area (Å²) in [5, 5.41) is 0. The Morgan fingerprint density at radius 1 is 0.839 bits per heavy atom. The van der Waals surface area contributed by atoms with Gasteiger partial charge in [0.25, 0.3) is 0 Å². The van der Waals surface area contributed by atoms with Crippen LogP contribution in [0.5, 0.6) is 0 Å². The number of aryl methyl sites for hydroxylation is 1. The lowest BCUT2D eigenvalue weighted by molar-refractivity contribution is 0.0591. The molecule has 0 atom stereocenters. The summed E-state index contributed by atoms with van der Waals surface area (Å²) in [6, 6.07) is 15.4. The summed E-state index contributed by atoms with van der Waals surface area (Å²) < 4.78 is 25.8. The number of hydrogen-bond acceptors (Lipinski definition) is 4. The Bertz CT molecular complexity index is 1100. The molecule has 31 heavy (non-hydrogen) atoms. The summed E-state index contributed by atoms with van der Waals surface area (Å²) in [6.45, 7) is 1.83. The molecular weight excluding hydrogens is 646 g/mol. The van der Waals surface area contributed by atoms with Gasteiger partial charge in [0.1, 0.15) is 5.82 Å². The summed E-state index contributed by atoms with van der Waals surface area (Å²) >= 11 is 8.76. The number of ether oxygens (including phenoxy) is 2. The molecule has 8 heteroatoms. The van der Waals surface area contributed by atoms with E-state index in [1.165, 1.54) is 20.3 Å². The first kappa shape index (κ1) is 25.5. The first-order valence-corrected chi connectivity index (χ1v) is 11.5. The van der Waals surface area contributed by atoms with Crippen molar-refractivity contribution in [2.24, 2.45) is 0 Å². The molecule has 0 saturated carbocycles. The highest BCUT2D eigenvalue weighted by Gasteiger charge is 2.12. The Hall–Kier alpha value is -1.78. The van der Waals surface area contributed by atoms with E-state index >= 15 is 0 Å². The van der Waals surface area contributed by atoms with Gasteiger partial charge >= 0.3 is 11.9 Å². The number of benzene rings is 3. The molecule has 4 nitrogen and oxygen atoms in total. The third kappa shape index (κ3) is 7.40. The van der Waals surface area contributed by atoms with E-state index in [1.807, 2.05) is 19.1 Å². The van der Waals surface area contributed by atoms with Gasteiger partial charge in [0.05, 0.1) is 25.3 Å². The fourth-order valence-corrected chi connectivity index (χ4v) is 4.71. The lowest BCUT2D eigenvalue weighted by Crippen LogP contribution is -2.01. The van der Waals surface area contributed by atoms with E-state index in [9.17, 15) is 14.0 Å². The van der Waals surface area contributed by atoms with E-state index in [4.69, 9.17) is 0 Å². The summed E-state index contributed by atoms with van der Waals surface area (Å²) in [5.41, 5.74) is 2.89. The van der Waals surface area contributed by atoms with Crippen LogP contribution in [0, 0.1) is 16.3 Å². The lowest BCUT2D eigenvalue weighted by Gasteiger charge is -2.08. The van der Waals surface area contributed by atoms with Gasteiger partial charge in [-0.3, -0.25) is 0 Å². The van der Waals surface area contributed by atoms with Crippen LogP contribution in [-0.2, 0) is 9.47 Å². The standard InChI is InChI=1S/C15H12BrFO2.C8H6BrIO2/c1-9-3-4-13(14(17)5-9)10-6-11(15(18)19-2)8-12(16)7-10;1-12-8(11)5-2-6(9)4-7(10)3-5/h3-8H,1-2H3;2-4H,1H3. The zero-order chi connectivity index (χ0) is 23.1. The van der Waals surface area contributed by atoms with Crippen molar-refractivity contribution < 1.29 is 23.5 Å². The molecular formula is C23H18Br2FIO4. The highest BCUT2D eigenvalue weighted by molar-refractivity contribution is 14.1. The van der Waals surface area contributed by atoms with Crippen LogP contribution in [-0.4, -0.2) is 26.2 Å². The molecule has 0 N–H and O–H groups in total. The molecule has 0 aliphatic heterocycles. The molecule has 0 bridgehead atoms. The first-order valence-electron chi connectivity index (χ1n) is 8.84. The Morgan fingerprint density at radius 2 is 1.39 bits per heavy atom. The minimum absolute atomic E-state index is 0.311.